The zero-order valence-corrected chi connectivity index (χ0v) is 21.9. The molecule has 1 unspecified atom stereocenters. The maximum Gasteiger partial charge on any atom is 0.335 e. The number of aromatic hydroxyl groups is 2. The summed E-state index contributed by atoms with van der Waals surface area (Å²) in [5.74, 6) is -2.40. The number of benzene rings is 4. The average Bonchev–Trinajstić information content (AvgIpc) is 2.95. The van der Waals surface area contributed by atoms with Gasteiger partial charge in [-0.3, -0.25) is 9.98 Å². The summed E-state index contributed by atoms with van der Waals surface area (Å²) in [6, 6.07) is 23.0. The summed E-state index contributed by atoms with van der Waals surface area (Å²) in [5, 5.41) is 40.2. The van der Waals surface area contributed by atoms with Gasteiger partial charge in [-0.25, -0.2) is 9.59 Å². The molecule has 0 heterocycles. The Morgan fingerprint density at radius 1 is 0.625 bits per heavy atom. The van der Waals surface area contributed by atoms with E-state index in [4.69, 9.17) is 9.98 Å². The van der Waals surface area contributed by atoms with Crippen molar-refractivity contribution in [1.82, 2.24) is 0 Å². The number of carboxylic acids is 2. The molecular formula is C32H28N2O6. The minimum atomic E-state index is -1.12. The number of carbonyl (C=O) groups is 2. The number of aromatic carboxylic acids is 2. The number of nitrogens with zero attached hydrogens (tertiary/aromatic N) is 2. The van der Waals surface area contributed by atoms with Gasteiger partial charge in [0.1, 0.15) is 23.6 Å². The van der Waals surface area contributed by atoms with Gasteiger partial charge in [0, 0.05) is 23.6 Å². The van der Waals surface area contributed by atoms with Crippen LogP contribution in [0.1, 0.15) is 66.2 Å². The molecule has 0 aliphatic heterocycles. The van der Waals surface area contributed by atoms with E-state index in [1.54, 1.807) is 13.8 Å². The number of hydrogen-bond acceptors (Lipinski definition) is 6. The van der Waals surface area contributed by atoms with E-state index in [1.165, 1.54) is 36.7 Å². The highest BCUT2D eigenvalue weighted by Gasteiger charge is 2.24. The van der Waals surface area contributed by atoms with Crippen LogP contribution in [0.3, 0.4) is 0 Å². The second-order valence-corrected chi connectivity index (χ2v) is 9.34. The van der Waals surface area contributed by atoms with Crippen molar-refractivity contribution in [3.8, 4) is 11.5 Å². The van der Waals surface area contributed by atoms with Crippen molar-refractivity contribution in [1.29, 1.82) is 0 Å². The van der Waals surface area contributed by atoms with Crippen LogP contribution in [0.15, 0.2) is 94.9 Å². The number of rotatable bonds is 9. The molecule has 4 rings (SSSR count). The van der Waals surface area contributed by atoms with Crippen molar-refractivity contribution in [2.75, 3.05) is 0 Å². The Hall–Kier alpha value is -5.24. The molecule has 2 atom stereocenters. The second kappa shape index (κ2) is 12.1. The van der Waals surface area contributed by atoms with Crippen LogP contribution in [0.5, 0.6) is 11.5 Å². The number of aliphatic imine (C=N–C) groups is 2. The first-order chi connectivity index (χ1) is 19.2. The molecule has 0 radical (unpaired) electrons. The lowest BCUT2D eigenvalue weighted by atomic mass is 9.94. The Kier molecular flexibility index (Phi) is 8.39. The molecule has 4 aromatic carbocycles. The van der Waals surface area contributed by atoms with E-state index in [9.17, 15) is 30.0 Å². The van der Waals surface area contributed by atoms with E-state index < -0.39 is 24.0 Å². The minimum Gasteiger partial charge on any atom is -0.507 e. The lowest BCUT2D eigenvalue weighted by Crippen LogP contribution is -2.10. The minimum absolute atomic E-state index is 0.0230. The highest BCUT2D eigenvalue weighted by atomic mass is 16.4. The molecule has 0 fully saturated rings. The number of phenols is 2. The molecule has 8 heteroatoms. The molecule has 0 spiro atoms. The van der Waals surface area contributed by atoms with Gasteiger partial charge in [-0.15, -0.1) is 0 Å². The molecule has 4 N–H and O–H groups in total. The van der Waals surface area contributed by atoms with Crippen LogP contribution in [0.4, 0.5) is 0 Å². The molecule has 0 amide bonds. The van der Waals surface area contributed by atoms with Crippen molar-refractivity contribution in [3.63, 3.8) is 0 Å². The lowest BCUT2D eigenvalue weighted by Gasteiger charge is -2.22. The van der Waals surface area contributed by atoms with Gasteiger partial charge in [0.15, 0.2) is 0 Å². The summed E-state index contributed by atoms with van der Waals surface area (Å²) >= 11 is 0. The van der Waals surface area contributed by atoms with Crippen molar-refractivity contribution in [3.05, 3.63) is 129 Å². The predicted octanol–water partition coefficient (Wildman–Crippen LogP) is 6.13. The SMILES string of the molecule is Cc1cc(C(=O)O)cc(C=NC(c2ccccc2)[C@H](N=Cc2cc(C(=O)O)cc(C)c2O)c2ccccc2)c1O. The Bertz CT molecular complexity index is 1480. The summed E-state index contributed by atoms with van der Waals surface area (Å²) in [5.41, 5.74) is 2.95. The van der Waals surface area contributed by atoms with Crippen LogP contribution in [-0.2, 0) is 0 Å². The van der Waals surface area contributed by atoms with Crippen LogP contribution in [0.2, 0.25) is 0 Å². The lowest BCUT2D eigenvalue weighted by molar-refractivity contribution is 0.0686. The maximum atomic E-state index is 11.6. The molecule has 202 valence electrons. The summed E-state index contributed by atoms with van der Waals surface area (Å²) in [6.07, 6.45) is 2.87. The molecule has 0 aromatic heterocycles. The van der Waals surface area contributed by atoms with Gasteiger partial charge >= 0.3 is 11.9 Å². The molecule has 0 saturated carbocycles. The van der Waals surface area contributed by atoms with Crippen LogP contribution >= 0.6 is 0 Å². The molecule has 0 bridgehead atoms. The first-order valence-corrected chi connectivity index (χ1v) is 12.5. The van der Waals surface area contributed by atoms with Gasteiger partial charge in [-0.1, -0.05) is 60.7 Å². The number of aryl methyl sites for hydroxylation is 2. The highest BCUT2D eigenvalue weighted by molar-refractivity contribution is 5.94. The number of phenolic OH excluding ortho intramolecular Hbond substituents is 2. The van der Waals surface area contributed by atoms with Crippen molar-refractivity contribution in [2.24, 2.45) is 9.98 Å². The number of carboxylic acid groups (broad SMARTS) is 2. The van der Waals surface area contributed by atoms with Gasteiger partial charge < -0.3 is 20.4 Å². The maximum absolute atomic E-state index is 11.6. The molecule has 0 saturated heterocycles. The van der Waals surface area contributed by atoms with Crippen molar-refractivity contribution >= 4 is 24.4 Å². The Labute approximate surface area is 231 Å². The van der Waals surface area contributed by atoms with Gasteiger partial charge in [-0.05, 0) is 60.4 Å². The fourth-order valence-corrected chi connectivity index (χ4v) is 4.38. The fourth-order valence-electron chi connectivity index (χ4n) is 4.38. The zero-order valence-electron chi connectivity index (χ0n) is 21.9. The van der Waals surface area contributed by atoms with Crippen LogP contribution < -0.4 is 0 Å². The molecule has 0 aliphatic carbocycles. The van der Waals surface area contributed by atoms with Gasteiger partial charge in [0.05, 0.1) is 11.1 Å². The highest BCUT2D eigenvalue weighted by Crippen LogP contribution is 2.36. The average molecular weight is 537 g/mol. The molecule has 4 aromatic rings. The smallest absolute Gasteiger partial charge is 0.335 e. The van der Waals surface area contributed by atoms with E-state index in [0.717, 1.165) is 11.1 Å². The summed E-state index contributed by atoms with van der Waals surface area (Å²) in [7, 11) is 0. The summed E-state index contributed by atoms with van der Waals surface area (Å²) in [6.45, 7) is 3.23. The first kappa shape index (κ1) is 27.8. The standard InChI is InChI=1S/C32H28N2O6/c1-19-13-23(31(37)38)15-25(29(19)35)17-33-27(21-9-5-3-6-10-21)28(22-11-7-4-8-12-22)34-18-26-16-24(32(39)40)14-20(2)30(26)36/h3-18,27-28,35-36H,1-2H3,(H,37,38)(H,39,40)/t27-,28?/m1/s1. The van der Waals surface area contributed by atoms with E-state index in [0.29, 0.717) is 11.1 Å². The first-order valence-electron chi connectivity index (χ1n) is 12.5. The van der Waals surface area contributed by atoms with E-state index in [2.05, 4.69) is 0 Å². The van der Waals surface area contributed by atoms with Gasteiger partial charge in [0.25, 0.3) is 0 Å². The Morgan fingerprint density at radius 3 is 1.30 bits per heavy atom. The Balaban J connectivity index is 1.86. The number of hydrogen-bond donors (Lipinski definition) is 4. The van der Waals surface area contributed by atoms with E-state index in [1.807, 2.05) is 60.7 Å². The normalized spacial score (nSPS) is 12.9. The fraction of sp³-hybridized carbons (Fsp3) is 0.125. The van der Waals surface area contributed by atoms with E-state index >= 15 is 0 Å². The van der Waals surface area contributed by atoms with Gasteiger partial charge in [0.2, 0.25) is 0 Å². The Morgan fingerprint density at radius 2 is 0.975 bits per heavy atom. The molecular weight excluding hydrogens is 508 g/mol. The van der Waals surface area contributed by atoms with E-state index in [-0.39, 0.29) is 33.8 Å². The third kappa shape index (κ3) is 6.24. The monoisotopic (exact) mass is 536 g/mol. The topological polar surface area (TPSA) is 140 Å². The molecule has 40 heavy (non-hydrogen) atoms. The van der Waals surface area contributed by atoms with Crippen LogP contribution in [0.25, 0.3) is 0 Å². The zero-order chi connectivity index (χ0) is 28.8. The van der Waals surface area contributed by atoms with Crippen LogP contribution in [-0.4, -0.2) is 44.8 Å². The third-order valence-corrected chi connectivity index (χ3v) is 6.48. The van der Waals surface area contributed by atoms with Crippen molar-refractivity contribution in [2.45, 2.75) is 25.9 Å². The largest absolute Gasteiger partial charge is 0.507 e. The molecule has 0 aliphatic rings. The van der Waals surface area contributed by atoms with Crippen molar-refractivity contribution < 1.29 is 30.0 Å². The predicted molar refractivity (Wildman–Crippen MR) is 153 cm³/mol. The third-order valence-electron chi connectivity index (χ3n) is 6.48. The summed E-state index contributed by atoms with van der Waals surface area (Å²) < 4.78 is 0. The van der Waals surface area contributed by atoms with Gasteiger partial charge in [-0.2, -0.15) is 0 Å². The second-order valence-electron chi connectivity index (χ2n) is 9.34. The quantitative estimate of drug-likeness (QED) is 0.190. The van der Waals surface area contributed by atoms with Crippen LogP contribution in [0, 0.1) is 13.8 Å². The molecule has 8 nitrogen and oxygen atoms in total. The summed E-state index contributed by atoms with van der Waals surface area (Å²) in [4.78, 5) is 32.8.